The molecule has 0 N–H and O–H groups in total. The fraction of sp³-hybridized carbons (Fsp3) is 0.125. The van der Waals surface area contributed by atoms with Crippen LogP contribution in [0.1, 0.15) is 0 Å². The molecule has 0 unspecified atom stereocenters. The van der Waals surface area contributed by atoms with Gasteiger partial charge in [0.1, 0.15) is 0 Å². The molecular formula is C8H3BrF4N2O3S. The molecule has 0 radical (unpaired) electrons. The number of imidazole rings is 1. The Kier molecular flexibility index (Phi) is 3.21. The summed E-state index contributed by atoms with van der Waals surface area (Å²) in [4.78, 5) is 3.32. The number of halogens is 5. The SMILES string of the molecule is O=S(=O)(Oc1cn2cc(Br)cc(F)c2n1)C(F)(F)F. The van der Waals surface area contributed by atoms with E-state index < -0.39 is 27.3 Å². The first-order valence-corrected chi connectivity index (χ1v) is 6.65. The normalized spacial score (nSPS) is 12.9. The molecule has 0 aliphatic heterocycles. The Morgan fingerprint density at radius 2 is 1.95 bits per heavy atom. The van der Waals surface area contributed by atoms with Crippen molar-refractivity contribution in [3.63, 3.8) is 0 Å². The lowest BCUT2D eigenvalue weighted by Gasteiger charge is -2.06. The van der Waals surface area contributed by atoms with Gasteiger partial charge in [-0.25, -0.2) is 4.39 Å². The second-order valence-electron chi connectivity index (χ2n) is 3.30. The monoisotopic (exact) mass is 362 g/mol. The molecule has 0 aromatic carbocycles. The highest BCUT2D eigenvalue weighted by atomic mass is 79.9. The number of rotatable bonds is 2. The average molecular weight is 363 g/mol. The third-order valence-electron chi connectivity index (χ3n) is 1.93. The van der Waals surface area contributed by atoms with Gasteiger partial charge < -0.3 is 4.18 Å². The van der Waals surface area contributed by atoms with E-state index in [1.54, 1.807) is 0 Å². The standard InChI is InChI=1S/C8H3BrF4N2O3S/c9-4-1-5(10)7-14-6(3-15(7)2-4)18-19(16,17)8(11,12)13/h1-3H. The van der Waals surface area contributed by atoms with Gasteiger partial charge in [0, 0.05) is 10.7 Å². The van der Waals surface area contributed by atoms with Crippen molar-refractivity contribution >= 4 is 31.7 Å². The molecule has 0 aliphatic carbocycles. The molecule has 2 aromatic rings. The zero-order valence-corrected chi connectivity index (χ0v) is 11.1. The van der Waals surface area contributed by atoms with Crippen LogP contribution >= 0.6 is 15.9 Å². The number of fused-ring (bicyclic) bond motifs is 1. The van der Waals surface area contributed by atoms with Gasteiger partial charge in [0.2, 0.25) is 0 Å². The summed E-state index contributed by atoms with van der Waals surface area (Å²) in [6, 6.07) is 1.02. The van der Waals surface area contributed by atoms with Crippen molar-refractivity contribution < 1.29 is 30.2 Å². The highest BCUT2D eigenvalue weighted by Gasteiger charge is 2.49. The molecule has 0 saturated heterocycles. The molecule has 0 saturated carbocycles. The van der Waals surface area contributed by atoms with Crippen molar-refractivity contribution in [2.24, 2.45) is 0 Å². The number of hydrogen-bond donors (Lipinski definition) is 0. The van der Waals surface area contributed by atoms with Crippen LogP contribution in [0, 0.1) is 5.82 Å². The van der Waals surface area contributed by atoms with Crippen LogP contribution in [0.2, 0.25) is 0 Å². The van der Waals surface area contributed by atoms with Crippen molar-refractivity contribution in [1.82, 2.24) is 9.38 Å². The second kappa shape index (κ2) is 4.34. The summed E-state index contributed by atoms with van der Waals surface area (Å²) in [5.74, 6) is -1.73. The third kappa shape index (κ3) is 2.66. The first-order valence-electron chi connectivity index (χ1n) is 4.45. The highest BCUT2D eigenvalue weighted by molar-refractivity contribution is 9.10. The first kappa shape index (κ1) is 14.1. The fourth-order valence-corrected chi connectivity index (χ4v) is 2.02. The van der Waals surface area contributed by atoms with Crippen LogP contribution in [0.5, 0.6) is 5.88 Å². The van der Waals surface area contributed by atoms with Gasteiger partial charge in [-0.1, -0.05) is 0 Å². The molecule has 0 amide bonds. The van der Waals surface area contributed by atoms with Crippen molar-refractivity contribution in [3.05, 3.63) is 28.7 Å². The topological polar surface area (TPSA) is 60.7 Å². The Morgan fingerprint density at radius 3 is 2.53 bits per heavy atom. The summed E-state index contributed by atoms with van der Waals surface area (Å²) in [6.45, 7) is 0. The first-order chi connectivity index (χ1) is 8.60. The van der Waals surface area contributed by atoms with Crippen LogP contribution in [0.15, 0.2) is 22.9 Å². The molecule has 0 spiro atoms. The van der Waals surface area contributed by atoms with E-state index >= 15 is 0 Å². The maximum Gasteiger partial charge on any atom is 0.534 e. The van der Waals surface area contributed by atoms with E-state index in [0.717, 1.165) is 16.7 Å². The van der Waals surface area contributed by atoms with Gasteiger partial charge >= 0.3 is 15.6 Å². The number of hydrogen-bond acceptors (Lipinski definition) is 4. The van der Waals surface area contributed by atoms with Crippen molar-refractivity contribution in [1.29, 1.82) is 0 Å². The van der Waals surface area contributed by atoms with E-state index in [9.17, 15) is 26.0 Å². The quantitative estimate of drug-likeness (QED) is 0.467. The van der Waals surface area contributed by atoms with E-state index in [1.807, 2.05) is 0 Å². The molecule has 2 heterocycles. The molecule has 0 atom stereocenters. The van der Waals surface area contributed by atoms with Gasteiger partial charge in [0.15, 0.2) is 11.5 Å². The van der Waals surface area contributed by atoms with E-state index in [-0.39, 0.29) is 5.65 Å². The lowest BCUT2D eigenvalue weighted by molar-refractivity contribution is -0.0501. The largest absolute Gasteiger partial charge is 0.534 e. The summed E-state index contributed by atoms with van der Waals surface area (Å²) in [6.07, 6.45) is 2.09. The fourth-order valence-electron chi connectivity index (χ4n) is 1.20. The molecule has 11 heteroatoms. The maximum atomic E-state index is 13.4. The van der Waals surface area contributed by atoms with Gasteiger partial charge in [-0.3, -0.25) is 4.40 Å². The summed E-state index contributed by atoms with van der Waals surface area (Å²) in [5.41, 5.74) is -5.95. The van der Waals surface area contributed by atoms with Gasteiger partial charge in [0.25, 0.3) is 5.88 Å². The highest BCUT2D eigenvalue weighted by Crippen LogP contribution is 2.27. The lowest BCUT2D eigenvalue weighted by Crippen LogP contribution is -2.28. The Labute approximate surface area is 112 Å². The Balaban J connectivity index is 2.46. The summed E-state index contributed by atoms with van der Waals surface area (Å²) in [5, 5.41) is 0. The smallest absolute Gasteiger partial charge is 0.354 e. The zero-order chi connectivity index (χ0) is 14.4. The molecule has 2 aromatic heterocycles. The van der Waals surface area contributed by atoms with Crippen molar-refractivity contribution in [3.8, 4) is 5.88 Å². The van der Waals surface area contributed by atoms with E-state index in [0.29, 0.717) is 4.47 Å². The maximum absolute atomic E-state index is 13.4. The van der Waals surface area contributed by atoms with Gasteiger partial charge in [-0.2, -0.15) is 26.6 Å². The van der Waals surface area contributed by atoms with E-state index in [1.165, 1.54) is 6.20 Å². The minimum Gasteiger partial charge on any atom is -0.354 e. The molecule has 2 rings (SSSR count). The molecule has 19 heavy (non-hydrogen) atoms. The number of nitrogens with zero attached hydrogens (tertiary/aromatic N) is 2. The predicted molar refractivity (Wildman–Crippen MR) is 58.5 cm³/mol. The van der Waals surface area contributed by atoms with Crippen molar-refractivity contribution in [2.75, 3.05) is 0 Å². The van der Waals surface area contributed by atoms with Gasteiger partial charge in [-0.05, 0) is 22.0 Å². The third-order valence-corrected chi connectivity index (χ3v) is 3.32. The van der Waals surface area contributed by atoms with E-state index in [4.69, 9.17) is 0 Å². The van der Waals surface area contributed by atoms with Crippen molar-refractivity contribution in [2.45, 2.75) is 5.51 Å². The Bertz CT molecular complexity index is 740. The van der Waals surface area contributed by atoms with Crippen LogP contribution < -0.4 is 4.18 Å². The number of aromatic nitrogens is 2. The second-order valence-corrected chi connectivity index (χ2v) is 5.75. The Hall–Kier alpha value is -1.36. The summed E-state index contributed by atoms with van der Waals surface area (Å²) in [7, 11) is -5.83. The molecule has 5 nitrogen and oxygen atoms in total. The van der Waals surface area contributed by atoms with Gasteiger partial charge in [0.05, 0.1) is 6.20 Å². The Morgan fingerprint density at radius 1 is 1.32 bits per heavy atom. The zero-order valence-electron chi connectivity index (χ0n) is 8.65. The minimum absolute atomic E-state index is 0.292. The number of alkyl halides is 3. The van der Waals surface area contributed by atoms with Crippen LogP contribution in [0.25, 0.3) is 5.65 Å². The average Bonchev–Trinajstić information content (AvgIpc) is 2.57. The molecular weight excluding hydrogens is 360 g/mol. The van der Waals surface area contributed by atoms with Crippen LogP contribution in [0.3, 0.4) is 0 Å². The summed E-state index contributed by atoms with van der Waals surface area (Å²) >= 11 is 2.96. The molecule has 0 fully saturated rings. The molecule has 0 aliphatic rings. The summed E-state index contributed by atoms with van der Waals surface area (Å²) < 4.78 is 76.2. The predicted octanol–water partition coefficient (Wildman–Crippen LogP) is 2.46. The molecule has 0 bridgehead atoms. The van der Waals surface area contributed by atoms with E-state index in [2.05, 4.69) is 25.1 Å². The minimum atomic E-state index is -5.83. The van der Waals surface area contributed by atoms with Gasteiger partial charge in [-0.15, -0.1) is 0 Å². The number of pyridine rings is 1. The van der Waals surface area contributed by atoms with Crippen LogP contribution in [0.4, 0.5) is 17.6 Å². The van der Waals surface area contributed by atoms with Crippen LogP contribution in [-0.4, -0.2) is 23.3 Å². The van der Waals surface area contributed by atoms with Crippen LogP contribution in [-0.2, 0) is 10.1 Å². The lowest BCUT2D eigenvalue weighted by atomic mass is 10.4. The molecule has 104 valence electrons.